The van der Waals surface area contributed by atoms with Gasteiger partial charge in [-0.3, -0.25) is 9.59 Å². The highest BCUT2D eigenvalue weighted by Crippen LogP contribution is 2.24. The normalized spacial score (nSPS) is 12.0. The predicted octanol–water partition coefficient (Wildman–Crippen LogP) is 5.25. The first-order chi connectivity index (χ1) is 13.1. The summed E-state index contributed by atoms with van der Waals surface area (Å²) in [6.45, 7) is 2.16. The standard InChI is InChI=1S/C22H29NO3S/c1-2-3-4-5-6-11-21(24)23-19(15-22(25)26)16-27-20-13-12-17-9-7-8-10-18(17)14-20/h7-10,12-14,19H,2-6,11,15-16H2,1H3,(H,23,24)(H,25,26)/t19-/m0/s1. The van der Waals surface area contributed by atoms with Crippen molar-refractivity contribution in [2.75, 3.05) is 5.75 Å². The lowest BCUT2D eigenvalue weighted by Crippen LogP contribution is -2.38. The molecule has 0 spiro atoms. The van der Waals surface area contributed by atoms with Crippen LogP contribution >= 0.6 is 11.8 Å². The third-order valence-corrected chi connectivity index (χ3v) is 5.62. The first-order valence-corrected chi connectivity index (χ1v) is 10.7. The molecule has 0 saturated heterocycles. The Bertz CT molecular complexity index is 747. The number of thioether (sulfide) groups is 1. The van der Waals surface area contributed by atoms with Crippen molar-refractivity contribution in [1.82, 2.24) is 5.32 Å². The minimum Gasteiger partial charge on any atom is -0.481 e. The minimum absolute atomic E-state index is 0.0446. The molecule has 0 aliphatic rings. The Morgan fingerprint density at radius 2 is 1.78 bits per heavy atom. The molecule has 1 amide bonds. The molecule has 1 atom stereocenters. The van der Waals surface area contributed by atoms with Gasteiger partial charge in [-0.2, -0.15) is 0 Å². The average Bonchev–Trinajstić information content (AvgIpc) is 2.65. The van der Waals surface area contributed by atoms with E-state index in [1.54, 1.807) is 11.8 Å². The lowest BCUT2D eigenvalue weighted by atomic mass is 10.1. The van der Waals surface area contributed by atoms with E-state index in [0.717, 1.165) is 29.5 Å². The Morgan fingerprint density at radius 3 is 2.52 bits per heavy atom. The highest BCUT2D eigenvalue weighted by molar-refractivity contribution is 7.99. The predicted molar refractivity (Wildman–Crippen MR) is 112 cm³/mol. The summed E-state index contributed by atoms with van der Waals surface area (Å²) in [7, 11) is 0. The molecule has 0 radical (unpaired) electrons. The molecule has 2 aromatic rings. The van der Waals surface area contributed by atoms with Crippen molar-refractivity contribution in [3.05, 3.63) is 42.5 Å². The van der Waals surface area contributed by atoms with Crippen molar-refractivity contribution < 1.29 is 14.7 Å². The Kier molecular flexibility index (Phi) is 9.19. The zero-order valence-electron chi connectivity index (χ0n) is 15.9. The van der Waals surface area contributed by atoms with Crippen molar-refractivity contribution in [2.24, 2.45) is 0 Å². The largest absolute Gasteiger partial charge is 0.481 e. The van der Waals surface area contributed by atoms with Gasteiger partial charge in [-0.15, -0.1) is 11.8 Å². The number of carbonyl (C=O) groups is 2. The van der Waals surface area contributed by atoms with Crippen LogP contribution in [0, 0.1) is 0 Å². The van der Waals surface area contributed by atoms with Gasteiger partial charge in [0.25, 0.3) is 0 Å². The second kappa shape index (κ2) is 11.7. The van der Waals surface area contributed by atoms with E-state index < -0.39 is 5.97 Å². The highest BCUT2D eigenvalue weighted by atomic mass is 32.2. The molecule has 0 saturated carbocycles. The first kappa shape index (κ1) is 21.3. The fourth-order valence-corrected chi connectivity index (χ4v) is 3.97. The zero-order valence-corrected chi connectivity index (χ0v) is 16.8. The molecule has 0 heterocycles. The summed E-state index contributed by atoms with van der Waals surface area (Å²) in [5, 5.41) is 14.4. The van der Waals surface area contributed by atoms with E-state index in [9.17, 15) is 9.59 Å². The van der Waals surface area contributed by atoms with Crippen LogP contribution in [-0.2, 0) is 9.59 Å². The number of unbranched alkanes of at least 4 members (excludes halogenated alkanes) is 4. The van der Waals surface area contributed by atoms with Gasteiger partial charge in [-0.05, 0) is 29.3 Å². The summed E-state index contributed by atoms with van der Waals surface area (Å²) in [5.74, 6) is -0.383. The average molecular weight is 388 g/mol. The molecule has 0 unspecified atom stereocenters. The third-order valence-electron chi connectivity index (χ3n) is 4.47. The van der Waals surface area contributed by atoms with Crippen molar-refractivity contribution in [3.63, 3.8) is 0 Å². The maximum atomic E-state index is 12.1. The molecular formula is C22H29NO3S. The second-order valence-electron chi connectivity index (χ2n) is 6.85. The maximum absolute atomic E-state index is 12.1. The molecule has 0 bridgehead atoms. The summed E-state index contributed by atoms with van der Waals surface area (Å²) < 4.78 is 0. The van der Waals surface area contributed by atoms with Crippen molar-refractivity contribution in [2.45, 2.75) is 62.8 Å². The van der Waals surface area contributed by atoms with Gasteiger partial charge in [-0.1, -0.05) is 62.9 Å². The van der Waals surface area contributed by atoms with Crippen LogP contribution in [-0.4, -0.2) is 28.8 Å². The summed E-state index contributed by atoms with van der Waals surface area (Å²) >= 11 is 1.58. The fraction of sp³-hybridized carbons (Fsp3) is 0.455. The molecule has 0 aliphatic carbocycles. The van der Waals surface area contributed by atoms with Crippen LogP contribution in [0.3, 0.4) is 0 Å². The molecule has 2 aromatic carbocycles. The Labute approximate surface area is 165 Å². The quantitative estimate of drug-likeness (QED) is 0.385. The molecule has 27 heavy (non-hydrogen) atoms. The van der Waals surface area contributed by atoms with E-state index >= 15 is 0 Å². The van der Waals surface area contributed by atoms with Gasteiger partial charge in [0.2, 0.25) is 5.91 Å². The van der Waals surface area contributed by atoms with Gasteiger partial charge < -0.3 is 10.4 Å². The van der Waals surface area contributed by atoms with E-state index in [1.807, 2.05) is 18.2 Å². The summed E-state index contributed by atoms with van der Waals surface area (Å²) in [4.78, 5) is 24.4. The van der Waals surface area contributed by atoms with Gasteiger partial charge in [-0.25, -0.2) is 0 Å². The van der Waals surface area contributed by atoms with Crippen molar-refractivity contribution in [3.8, 4) is 0 Å². The van der Waals surface area contributed by atoms with Gasteiger partial charge in [0.1, 0.15) is 0 Å². The highest BCUT2D eigenvalue weighted by Gasteiger charge is 2.16. The lowest BCUT2D eigenvalue weighted by Gasteiger charge is -2.17. The van der Waals surface area contributed by atoms with Gasteiger partial charge in [0.15, 0.2) is 0 Å². The van der Waals surface area contributed by atoms with Gasteiger partial charge >= 0.3 is 5.97 Å². The van der Waals surface area contributed by atoms with Crippen molar-refractivity contribution >= 4 is 34.4 Å². The van der Waals surface area contributed by atoms with Crippen molar-refractivity contribution in [1.29, 1.82) is 0 Å². The minimum atomic E-state index is -0.887. The van der Waals surface area contributed by atoms with E-state index in [0.29, 0.717) is 12.2 Å². The Morgan fingerprint density at radius 1 is 1.04 bits per heavy atom. The van der Waals surface area contributed by atoms with Crippen LogP contribution in [0.15, 0.2) is 47.4 Å². The topological polar surface area (TPSA) is 66.4 Å². The van der Waals surface area contributed by atoms with Gasteiger partial charge in [0.05, 0.1) is 6.42 Å². The lowest BCUT2D eigenvalue weighted by molar-refractivity contribution is -0.137. The number of carboxylic acids is 1. The molecule has 2 rings (SSSR count). The number of aliphatic carboxylic acids is 1. The number of rotatable bonds is 12. The number of nitrogens with one attached hydrogen (secondary N) is 1. The van der Waals surface area contributed by atoms with Crippen LogP contribution in [0.25, 0.3) is 10.8 Å². The summed E-state index contributed by atoms with van der Waals surface area (Å²) in [6, 6.07) is 14.0. The monoisotopic (exact) mass is 387 g/mol. The number of carbonyl (C=O) groups excluding carboxylic acids is 1. The smallest absolute Gasteiger partial charge is 0.305 e. The second-order valence-corrected chi connectivity index (χ2v) is 7.94. The number of hydrogen-bond donors (Lipinski definition) is 2. The molecular weight excluding hydrogens is 358 g/mol. The van der Waals surface area contributed by atoms with Crippen LogP contribution < -0.4 is 5.32 Å². The first-order valence-electron chi connectivity index (χ1n) is 9.71. The van der Waals surface area contributed by atoms with E-state index in [1.165, 1.54) is 18.2 Å². The summed E-state index contributed by atoms with van der Waals surface area (Å²) in [5.41, 5.74) is 0. The number of fused-ring (bicyclic) bond motifs is 1. The number of hydrogen-bond acceptors (Lipinski definition) is 3. The molecule has 146 valence electrons. The van der Waals surface area contributed by atoms with E-state index in [-0.39, 0.29) is 18.4 Å². The number of amides is 1. The molecule has 0 aromatic heterocycles. The fourth-order valence-electron chi connectivity index (χ4n) is 3.01. The molecule has 5 heteroatoms. The van der Waals surface area contributed by atoms with E-state index in [4.69, 9.17) is 5.11 Å². The Hall–Kier alpha value is -2.01. The Balaban J connectivity index is 1.85. The maximum Gasteiger partial charge on any atom is 0.305 e. The molecule has 2 N–H and O–H groups in total. The molecule has 4 nitrogen and oxygen atoms in total. The van der Waals surface area contributed by atoms with Crippen LogP contribution in [0.1, 0.15) is 51.9 Å². The number of carboxylic acid groups (broad SMARTS) is 1. The zero-order chi connectivity index (χ0) is 19.5. The summed E-state index contributed by atoms with van der Waals surface area (Å²) in [6.07, 6.45) is 5.87. The SMILES string of the molecule is CCCCCCCC(=O)N[C@H](CSc1ccc2ccccc2c1)CC(=O)O. The van der Waals surface area contributed by atoms with Crippen LogP contribution in [0.5, 0.6) is 0 Å². The van der Waals surface area contributed by atoms with E-state index in [2.05, 4.69) is 36.5 Å². The van der Waals surface area contributed by atoms with Crippen LogP contribution in [0.4, 0.5) is 0 Å². The molecule has 0 fully saturated rings. The number of benzene rings is 2. The third kappa shape index (κ3) is 8.04. The van der Waals surface area contributed by atoms with Gasteiger partial charge in [0, 0.05) is 23.1 Å². The van der Waals surface area contributed by atoms with Crippen LogP contribution in [0.2, 0.25) is 0 Å². The molecule has 0 aliphatic heterocycles.